The molecule has 2 heteroatoms. The van der Waals surface area contributed by atoms with Crippen molar-refractivity contribution in [3.8, 4) is 5.75 Å². The summed E-state index contributed by atoms with van der Waals surface area (Å²) in [7, 11) is 6.76. The van der Waals surface area contributed by atoms with Crippen LogP contribution in [0.2, 0.25) is 0 Å². The molecule has 0 saturated heterocycles. The Kier molecular flexibility index (Phi) is 2.70. The van der Waals surface area contributed by atoms with E-state index >= 15 is 0 Å². The Labute approximate surface area is 92.1 Å². The van der Waals surface area contributed by atoms with Crippen LogP contribution in [0.1, 0.15) is 12.8 Å². The monoisotopic (exact) mass is 206 g/mol. The first kappa shape index (κ1) is 10.5. The largest absolute Gasteiger partial charge is 0.490 e. The third-order valence-electron chi connectivity index (χ3n) is 3.21. The lowest BCUT2D eigenvalue weighted by Gasteiger charge is -2.44. The SMILES string of the molecule is C[N+](C)(C)C1CC(Oc2ccccc2)C1. The molecule has 0 heterocycles. The van der Waals surface area contributed by atoms with Crippen molar-refractivity contribution in [1.82, 2.24) is 0 Å². The molecule has 1 saturated carbocycles. The molecule has 2 nitrogen and oxygen atoms in total. The Bertz CT molecular complexity index is 309. The third-order valence-corrected chi connectivity index (χ3v) is 3.21. The van der Waals surface area contributed by atoms with Gasteiger partial charge < -0.3 is 9.22 Å². The van der Waals surface area contributed by atoms with Gasteiger partial charge in [-0.2, -0.15) is 0 Å². The first-order valence-electron chi connectivity index (χ1n) is 5.58. The van der Waals surface area contributed by atoms with Crippen LogP contribution in [0.5, 0.6) is 5.75 Å². The number of para-hydroxylation sites is 1. The van der Waals surface area contributed by atoms with Gasteiger partial charge in [0.1, 0.15) is 11.9 Å². The summed E-state index contributed by atoms with van der Waals surface area (Å²) in [5, 5.41) is 0. The third kappa shape index (κ3) is 2.51. The van der Waals surface area contributed by atoms with E-state index in [0.717, 1.165) is 16.3 Å². The molecule has 0 unspecified atom stereocenters. The number of benzene rings is 1. The Morgan fingerprint density at radius 2 is 1.67 bits per heavy atom. The maximum Gasteiger partial charge on any atom is 0.119 e. The highest BCUT2D eigenvalue weighted by molar-refractivity contribution is 5.21. The van der Waals surface area contributed by atoms with Gasteiger partial charge in [-0.25, -0.2) is 0 Å². The lowest BCUT2D eigenvalue weighted by Crippen LogP contribution is -2.55. The van der Waals surface area contributed by atoms with Gasteiger partial charge in [0.25, 0.3) is 0 Å². The summed E-state index contributed by atoms with van der Waals surface area (Å²) in [6.45, 7) is 0. The number of ether oxygens (including phenoxy) is 1. The summed E-state index contributed by atoms with van der Waals surface area (Å²) >= 11 is 0. The van der Waals surface area contributed by atoms with Gasteiger partial charge in [-0.15, -0.1) is 0 Å². The van der Waals surface area contributed by atoms with Gasteiger partial charge in [-0.1, -0.05) is 18.2 Å². The normalized spacial score (nSPS) is 25.8. The average Bonchev–Trinajstić information content (AvgIpc) is 2.10. The smallest absolute Gasteiger partial charge is 0.119 e. The van der Waals surface area contributed by atoms with Crippen LogP contribution in [0.4, 0.5) is 0 Å². The van der Waals surface area contributed by atoms with Gasteiger partial charge in [0.05, 0.1) is 27.2 Å². The van der Waals surface area contributed by atoms with E-state index in [0.29, 0.717) is 6.10 Å². The lowest BCUT2D eigenvalue weighted by molar-refractivity contribution is -0.903. The van der Waals surface area contributed by atoms with Crippen LogP contribution < -0.4 is 4.74 Å². The number of hydrogen-bond donors (Lipinski definition) is 0. The molecule has 0 atom stereocenters. The molecule has 15 heavy (non-hydrogen) atoms. The zero-order valence-corrected chi connectivity index (χ0v) is 9.81. The number of nitrogens with zero attached hydrogens (tertiary/aromatic N) is 1. The van der Waals surface area contributed by atoms with Crippen LogP contribution in [0.25, 0.3) is 0 Å². The van der Waals surface area contributed by atoms with Gasteiger partial charge in [0, 0.05) is 12.8 Å². The Morgan fingerprint density at radius 3 is 2.20 bits per heavy atom. The first-order chi connectivity index (χ1) is 7.05. The molecular formula is C13H20NO+. The fraction of sp³-hybridized carbons (Fsp3) is 0.538. The van der Waals surface area contributed by atoms with Crippen LogP contribution in [0.15, 0.2) is 30.3 Å². The van der Waals surface area contributed by atoms with E-state index in [9.17, 15) is 0 Å². The van der Waals surface area contributed by atoms with Gasteiger partial charge in [-0.05, 0) is 12.1 Å². The Balaban J connectivity index is 1.82. The zero-order chi connectivity index (χ0) is 10.9. The quantitative estimate of drug-likeness (QED) is 0.690. The molecular weight excluding hydrogens is 186 g/mol. The van der Waals surface area contributed by atoms with Crippen LogP contribution >= 0.6 is 0 Å². The summed E-state index contributed by atoms with van der Waals surface area (Å²) < 4.78 is 6.92. The van der Waals surface area contributed by atoms with Crippen molar-refractivity contribution >= 4 is 0 Å². The maximum absolute atomic E-state index is 5.87. The molecule has 2 rings (SSSR count). The average molecular weight is 206 g/mol. The highest BCUT2D eigenvalue weighted by atomic mass is 16.5. The second kappa shape index (κ2) is 3.86. The van der Waals surface area contributed by atoms with Crippen molar-refractivity contribution in [2.75, 3.05) is 21.1 Å². The molecule has 0 aromatic heterocycles. The van der Waals surface area contributed by atoms with Crippen LogP contribution in [-0.4, -0.2) is 37.8 Å². The minimum atomic E-state index is 0.426. The van der Waals surface area contributed by atoms with Crippen LogP contribution in [-0.2, 0) is 0 Å². The predicted molar refractivity (Wildman–Crippen MR) is 61.9 cm³/mol. The zero-order valence-electron chi connectivity index (χ0n) is 9.81. The summed E-state index contributed by atoms with van der Waals surface area (Å²) in [4.78, 5) is 0. The highest BCUT2D eigenvalue weighted by Gasteiger charge is 2.39. The van der Waals surface area contributed by atoms with E-state index in [2.05, 4.69) is 21.1 Å². The van der Waals surface area contributed by atoms with Crippen molar-refractivity contribution in [2.24, 2.45) is 0 Å². The maximum atomic E-state index is 5.87. The van der Waals surface area contributed by atoms with Gasteiger partial charge in [0.2, 0.25) is 0 Å². The molecule has 0 radical (unpaired) electrons. The van der Waals surface area contributed by atoms with Crippen LogP contribution in [0.3, 0.4) is 0 Å². The van der Waals surface area contributed by atoms with E-state index in [1.165, 1.54) is 12.8 Å². The summed E-state index contributed by atoms with van der Waals surface area (Å²) in [5.41, 5.74) is 0. The fourth-order valence-electron chi connectivity index (χ4n) is 1.96. The van der Waals surface area contributed by atoms with E-state index in [1.54, 1.807) is 0 Å². The topological polar surface area (TPSA) is 9.23 Å². The first-order valence-corrected chi connectivity index (χ1v) is 5.58. The molecule has 1 aliphatic rings. The Morgan fingerprint density at radius 1 is 1.07 bits per heavy atom. The molecule has 0 N–H and O–H groups in total. The minimum Gasteiger partial charge on any atom is -0.490 e. The fourth-order valence-corrected chi connectivity index (χ4v) is 1.96. The molecule has 0 aliphatic heterocycles. The van der Waals surface area contributed by atoms with E-state index in [4.69, 9.17) is 4.74 Å². The van der Waals surface area contributed by atoms with E-state index in [-0.39, 0.29) is 0 Å². The summed E-state index contributed by atoms with van der Waals surface area (Å²) in [6.07, 6.45) is 2.78. The van der Waals surface area contributed by atoms with Crippen molar-refractivity contribution in [3.63, 3.8) is 0 Å². The lowest BCUT2D eigenvalue weighted by atomic mass is 9.87. The molecule has 0 spiro atoms. The van der Waals surface area contributed by atoms with E-state index in [1.807, 2.05) is 30.3 Å². The molecule has 1 aliphatic carbocycles. The standard InChI is InChI=1S/C13H20NO/c1-14(2,3)11-9-13(10-11)15-12-7-5-4-6-8-12/h4-8,11,13H,9-10H2,1-3H3/q+1. The van der Waals surface area contributed by atoms with E-state index < -0.39 is 0 Å². The molecule has 1 fully saturated rings. The highest BCUT2D eigenvalue weighted by Crippen LogP contribution is 2.31. The second-order valence-electron chi connectivity index (χ2n) is 5.29. The van der Waals surface area contributed by atoms with Crippen molar-refractivity contribution < 1.29 is 9.22 Å². The van der Waals surface area contributed by atoms with Gasteiger partial charge in [-0.3, -0.25) is 0 Å². The Hall–Kier alpha value is -1.02. The predicted octanol–water partition coefficient (Wildman–Crippen LogP) is 2.30. The van der Waals surface area contributed by atoms with Crippen LogP contribution in [0, 0.1) is 0 Å². The molecule has 82 valence electrons. The van der Waals surface area contributed by atoms with Gasteiger partial charge in [0.15, 0.2) is 0 Å². The molecule has 0 amide bonds. The summed E-state index contributed by atoms with van der Waals surface area (Å²) in [6, 6.07) is 10.9. The minimum absolute atomic E-state index is 0.426. The number of hydrogen-bond acceptors (Lipinski definition) is 1. The van der Waals surface area contributed by atoms with Crippen molar-refractivity contribution in [1.29, 1.82) is 0 Å². The molecule has 1 aromatic rings. The summed E-state index contributed by atoms with van der Waals surface area (Å²) in [5.74, 6) is 1.00. The second-order valence-corrected chi connectivity index (χ2v) is 5.29. The number of quaternary nitrogens is 1. The molecule has 1 aromatic carbocycles. The van der Waals surface area contributed by atoms with Crippen molar-refractivity contribution in [2.45, 2.75) is 25.0 Å². The van der Waals surface area contributed by atoms with Crippen molar-refractivity contribution in [3.05, 3.63) is 30.3 Å². The number of rotatable bonds is 3. The molecule has 0 bridgehead atoms. The van der Waals surface area contributed by atoms with Gasteiger partial charge >= 0.3 is 0 Å².